The maximum absolute atomic E-state index is 11.6. The Bertz CT molecular complexity index is 463. The average molecular weight is 271 g/mol. The van der Waals surface area contributed by atoms with E-state index < -0.39 is 18.0 Å². The standard InChI is InChI=1S/C12H15ClN2O3/c1-3-9(11(16)17)14-12(18)15-10-6-4-5-8(13)7(10)2/h4-6,9H,3H2,1-2H3,(H,16,17)(H2,14,15,18)/t9-/m0/s1. The summed E-state index contributed by atoms with van der Waals surface area (Å²) >= 11 is 5.91. The molecule has 0 saturated carbocycles. The van der Waals surface area contributed by atoms with Crippen molar-refractivity contribution >= 4 is 29.3 Å². The maximum atomic E-state index is 11.6. The molecule has 0 aliphatic heterocycles. The molecule has 0 heterocycles. The van der Waals surface area contributed by atoms with Crippen molar-refractivity contribution in [2.24, 2.45) is 0 Å². The lowest BCUT2D eigenvalue weighted by Gasteiger charge is -2.14. The highest BCUT2D eigenvalue weighted by Gasteiger charge is 2.17. The fourth-order valence-corrected chi connectivity index (χ4v) is 1.57. The molecule has 98 valence electrons. The number of urea groups is 1. The number of hydrogen-bond donors (Lipinski definition) is 3. The molecule has 5 nitrogen and oxygen atoms in total. The van der Waals surface area contributed by atoms with Crippen LogP contribution in [-0.2, 0) is 4.79 Å². The highest BCUT2D eigenvalue weighted by Crippen LogP contribution is 2.22. The summed E-state index contributed by atoms with van der Waals surface area (Å²) in [4.78, 5) is 22.4. The number of anilines is 1. The van der Waals surface area contributed by atoms with Crippen molar-refractivity contribution in [1.29, 1.82) is 0 Å². The molecule has 0 unspecified atom stereocenters. The number of halogens is 1. The van der Waals surface area contributed by atoms with E-state index in [-0.39, 0.29) is 0 Å². The topological polar surface area (TPSA) is 78.4 Å². The average Bonchev–Trinajstić information content (AvgIpc) is 2.31. The van der Waals surface area contributed by atoms with Crippen LogP contribution in [0.25, 0.3) is 0 Å². The van der Waals surface area contributed by atoms with Crippen molar-refractivity contribution in [2.75, 3.05) is 5.32 Å². The van der Waals surface area contributed by atoms with E-state index in [1.807, 2.05) is 0 Å². The Balaban J connectivity index is 2.70. The van der Waals surface area contributed by atoms with E-state index in [4.69, 9.17) is 16.7 Å². The van der Waals surface area contributed by atoms with Gasteiger partial charge in [0.15, 0.2) is 0 Å². The van der Waals surface area contributed by atoms with E-state index in [1.54, 1.807) is 32.0 Å². The molecule has 0 spiro atoms. The minimum absolute atomic E-state index is 0.317. The summed E-state index contributed by atoms with van der Waals surface area (Å²) in [6.07, 6.45) is 0.317. The second-order valence-electron chi connectivity index (χ2n) is 3.81. The first kappa shape index (κ1) is 14.3. The molecular weight excluding hydrogens is 256 g/mol. The first-order valence-corrected chi connectivity index (χ1v) is 5.89. The van der Waals surface area contributed by atoms with E-state index in [1.165, 1.54) is 0 Å². The van der Waals surface area contributed by atoms with Crippen LogP contribution in [-0.4, -0.2) is 23.1 Å². The van der Waals surface area contributed by atoms with Gasteiger partial charge in [0.25, 0.3) is 0 Å². The lowest BCUT2D eigenvalue weighted by Crippen LogP contribution is -2.42. The number of benzene rings is 1. The van der Waals surface area contributed by atoms with Gasteiger partial charge in [0.05, 0.1) is 0 Å². The Kier molecular flexibility index (Phi) is 4.97. The van der Waals surface area contributed by atoms with Crippen LogP contribution in [0.3, 0.4) is 0 Å². The Hall–Kier alpha value is -1.75. The Morgan fingerprint density at radius 2 is 2.11 bits per heavy atom. The molecule has 1 atom stereocenters. The molecule has 6 heteroatoms. The minimum atomic E-state index is -1.06. The van der Waals surface area contributed by atoms with Gasteiger partial charge in [0, 0.05) is 10.7 Å². The largest absolute Gasteiger partial charge is 0.480 e. The first-order valence-electron chi connectivity index (χ1n) is 5.51. The molecule has 0 fully saturated rings. The lowest BCUT2D eigenvalue weighted by molar-refractivity contribution is -0.139. The summed E-state index contributed by atoms with van der Waals surface area (Å²) in [6.45, 7) is 3.45. The molecular formula is C12H15ClN2O3. The molecule has 2 amide bonds. The van der Waals surface area contributed by atoms with Gasteiger partial charge in [-0.15, -0.1) is 0 Å². The van der Waals surface area contributed by atoms with Crippen molar-refractivity contribution in [3.05, 3.63) is 28.8 Å². The summed E-state index contributed by atoms with van der Waals surface area (Å²) in [5.41, 5.74) is 1.29. The summed E-state index contributed by atoms with van der Waals surface area (Å²) in [7, 11) is 0. The number of nitrogens with one attached hydrogen (secondary N) is 2. The van der Waals surface area contributed by atoms with Gasteiger partial charge in [-0.25, -0.2) is 9.59 Å². The summed E-state index contributed by atoms with van der Waals surface area (Å²) in [5, 5.41) is 14.3. The molecule has 0 aromatic heterocycles. The van der Waals surface area contributed by atoms with Crippen LogP contribution in [0, 0.1) is 6.92 Å². The van der Waals surface area contributed by atoms with E-state index in [9.17, 15) is 9.59 Å². The maximum Gasteiger partial charge on any atom is 0.326 e. The second kappa shape index (κ2) is 6.26. The zero-order chi connectivity index (χ0) is 13.7. The van der Waals surface area contributed by atoms with Crippen molar-refractivity contribution in [2.45, 2.75) is 26.3 Å². The normalized spacial score (nSPS) is 11.7. The third-order valence-electron chi connectivity index (χ3n) is 2.53. The number of carbonyl (C=O) groups is 2. The molecule has 0 saturated heterocycles. The fourth-order valence-electron chi connectivity index (χ4n) is 1.40. The summed E-state index contributed by atoms with van der Waals surface area (Å²) in [5.74, 6) is -1.06. The zero-order valence-electron chi connectivity index (χ0n) is 10.2. The third-order valence-corrected chi connectivity index (χ3v) is 2.94. The summed E-state index contributed by atoms with van der Waals surface area (Å²) in [6, 6.07) is 3.66. The number of hydrogen-bond acceptors (Lipinski definition) is 2. The molecule has 1 rings (SSSR count). The molecule has 0 bridgehead atoms. The predicted molar refractivity (Wildman–Crippen MR) is 70.1 cm³/mol. The van der Waals surface area contributed by atoms with Crippen molar-refractivity contribution < 1.29 is 14.7 Å². The quantitative estimate of drug-likeness (QED) is 0.787. The lowest BCUT2D eigenvalue weighted by atomic mass is 10.2. The third kappa shape index (κ3) is 3.63. The summed E-state index contributed by atoms with van der Waals surface area (Å²) < 4.78 is 0. The van der Waals surface area contributed by atoms with Crippen LogP contribution in [0.2, 0.25) is 5.02 Å². The molecule has 0 aliphatic carbocycles. The van der Waals surface area contributed by atoms with E-state index >= 15 is 0 Å². The molecule has 3 N–H and O–H groups in total. The van der Waals surface area contributed by atoms with Crippen molar-refractivity contribution in [3.63, 3.8) is 0 Å². The molecule has 1 aromatic rings. The number of carboxylic acids is 1. The number of rotatable bonds is 4. The van der Waals surface area contributed by atoms with Crippen LogP contribution < -0.4 is 10.6 Å². The predicted octanol–water partition coefficient (Wildman–Crippen LogP) is 2.63. The van der Waals surface area contributed by atoms with Gasteiger partial charge in [0.1, 0.15) is 6.04 Å². The highest BCUT2D eigenvalue weighted by atomic mass is 35.5. The monoisotopic (exact) mass is 270 g/mol. The second-order valence-corrected chi connectivity index (χ2v) is 4.22. The van der Waals surface area contributed by atoms with E-state index in [2.05, 4.69) is 10.6 Å². The van der Waals surface area contributed by atoms with Crippen molar-refractivity contribution in [1.82, 2.24) is 5.32 Å². The zero-order valence-corrected chi connectivity index (χ0v) is 10.9. The van der Waals surface area contributed by atoms with Crippen LogP contribution >= 0.6 is 11.6 Å². The van der Waals surface area contributed by atoms with Crippen LogP contribution in [0.1, 0.15) is 18.9 Å². The number of carbonyl (C=O) groups excluding carboxylic acids is 1. The van der Waals surface area contributed by atoms with Gasteiger partial charge in [0.2, 0.25) is 0 Å². The van der Waals surface area contributed by atoms with E-state index in [0.717, 1.165) is 5.56 Å². The number of aliphatic carboxylic acids is 1. The minimum Gasteiger partial charge on any atom is -0.480 e. The van der Waals surface area contributed by atoms with Gasteiger partial charge in [-0.2, -0.15) is 0 Å². The van der Waals surface area contributed by atoms with Gasteiger partial charge in [-0.1, -0.05) is 24.6 Å². The fraction of sp³-hybridized carbons (Fsp3) is 0.333. The highest BCUT2D eigenvalue weighted by molar-refractivity contribution is 6.31. The molecule has 0 radical (unpaired) electrons. The van der Waals surface area contributed by atoms with Gasteiger partial charge < -0.3 is 15.7 Å². The van der Waals surface area contributed by atoms with Gasteiger partial charge in [-0.3, -0.25) is 0 Å². The smallest absolute Gasteiger partial charge is 0.326 e. The van der Waals surface area contributed by atoms with Gasteiger partial charge >= 0.3 is 12.0 Å². The number of carboxylic acid groups (broad SMARTS) is 1. The Morgan fingerprint density at radius 3 is 2.67 bits per heavy atom. The molecule has 0 aliphatic rings. The first-order chi connectivity index (χ1) is 8.45. The Morgan fingerprint density at radius 1 is 1.44 bits per heavy atom. The van der Waals surface area contributed by atoms with Crippen LogP contribution in [0.4, 0.5) is 10.5 Å². The Labute approximate surface area is 110 Å². The number of amides is 2. The van der Waals surface area contributed by atoms with Crippen molar-refractivity contribution in [3.8, 4) is 0 Å². The molecule has 18 heavy (non-hydrogen) atoms. The van der Waals surface area contributed by atoms with Crippen LogP contribution in [0.5, 0.6) is 0 Å². The van der Waals surface area contributed by atoms with Gasteiger partial charge in [-0.05, 0) is 31.0 Å². The van der Waals surface area contributed by atoms with Crippen LogP contribution in [0.15, 0.2) is 18.2 Å². The van der Waals surface area contributed by atoms with E-state index in [0.29, 0.717) is 17.1 Å². The molecule has 1 aromatic carbocycles. The SMILES string of the molecule is CC[C@H](NC(=O)Nc1cccc(Cl)c1C)C(=O)O.